The third kappa shape index (κ3) is 3.61. The molecule has 0 saturated carbocycles. The van der Waals surface area contributed by atoms with E-state index < -0.39 is 0 Å². The molecule has 15 heavy (non-hydrogen) atoms. The van der Waals surface area contributed by atoms with Crippen LogP contribution in [0.5, 0.6) is 0 Å². The van der Waals surface area contributed by atoms with Gasteiger partial charge in [0, 0.05) is 16.6 Å². The highest BCUT2D eigenvalue weighted by atomic mass is 79.9. The average Bonchev–Trinajstić information content (AvgIpc) is 2.28. The Bertz CT molecular complexity index is 352. The second kappa shape index (κ2) is 6.71. The Kier molecular flexibility index (Phi) is 5.94. The quantitative estimate of drug-likeness (QED) is 0.592. The monoisotopic (exact) mass is 350 g/mol. The number of hydrogen-bond acceptors (Lipinski definition) is 2. The standard InChI is InChI=1S/C11H12Br2OS/c1-15-11-4-2-3-8(10(11)7-13)5-9(14)6-12/h2-4H,5-7H2,1H3. The van der Waals surface area contributed by atoms with Crippen molar-refractivity contribution in [1.82, 2.24) is 0 Å². The molecule has 1 nitrogen and oxygen atoms in total. The number of carbonyl (C=O) groups is 1. The zero-order chi connectivity index (χ0) is 11.3. The molecule has 0 aliphatic rings. The van der Waals surface area contributed by atoms with Gasteiger partial charge in [0.2, 0.25) is 0 Å². The fraction of sp³-hybridized carbons (Fsp3) is 0.364. The van der Waals surface area contributed by atoms with Gasteiger partial charge in [-0.3, -0.25) is 4.79 Å². The molecule has 0 bridgehead atoms. The Morgan fingerprint density at radius 1 is 1.40 bits per heavy atom. The van der Waals surface area contributed by atoms with Crippen LogP contribution < -0.4 is 0 Å². The van der Waals surface area contributed by atoms with E-state index in [-0.39, 0.29) is 5.78 Å². The summed E-state index contributed by atoms with van der Waals surface area (Å²) in [6, 6.07) is 6.12. The number of hydrogen-bond donors (Lipinski definition) is 0. The van der Waals surface area contributed by atoms with Crippen molar-refractivity contribution in [3.63, 3.8) is 0 Å². The van der Waals surface area contributed by atoms with Gasteiger partial charge < -0.3 is 0 Å². The van der Waals surface area contributed by atoms with E-state index in [2.05, 4.69) is 44.2 Å². The molecule has 1 aromatic rings. The molecule has 0 N–H and O–H groups in total. The number of ketones is 1. The summed E-state index contributed by atoms with van der Waals surface area (Å²) in [5.74, 6) is 0.218. The Morgan fingerprint density at radius 3 is 2.67 bits per heavy atom. The number of halogens is 2. The fourth-order valence-electron chi connectivity index (χ4n) is 1.38. The van der Waals surface area contributed by atoms with Gasteiger partial charge in [-0.05, 0) is 23.4 Å². The van der Waals surface area contributed by atoms with Gasteiger partial charge in [-0.15, -0.1) is 11.8 Å². The van der Waals surface area contributed by atoms with Gasteiger partial charge in [-0.25, -0.2) is 0 Å². The summed E-state index contributed by atoms with van der Waals surface area (Å²) in [6.45, 7) is 0. The zero-order valence-corrected chi connectivity index (χ0v) is 12.4. The molecule has 0 radical (unpaired) electrons. The number of alkyl halides is 2. The molecular formula is C11H12Br2OS. The lowest BCUT2D eigenvalue weighted by atomic mass is 10.0. The van der Waals surface area contributed by atoms with Crippen molar-refractivity contribution >= 4 is 49.4 Å². The Hall–Kier alpha value is 0.200. The molecule has 0 unspecified atom stereocenters. The summed E-state index contributed by atoms with van der Waals surface area (Å²) >= 11 is 8.38. The molecule has 1 rings (SSSR count). The highest BCUT2D eigenvalue weighted by Crippen LogP contribution is 2.26. The van der Waals surface area contributed by atoms with E-state index in [4.69, 9.17) is 0 Å². The SMILES string of the molecule is CSc1cccc(CC(=O)CBr)c1CBr. The second-order valence-electron chi connectivity index (χ2n) is 3.08. The molecule has 1 aromatic carbocycles. The van der Waals surface area contributed by atoms with E-state index in [9.17, 15) is 4.79 Å². The lowest BCUT2D eigenvalue weighted by Gasteiger charge is -2.10. The van der Waals surface area contributed by atoms with Gasteiger partial charge in [0.15, 0.2) is 0 Å². The predicted octanol–water partition coefficient (Wildman–Crippen LogP) is 3.81. The number of rotatable bonds is 5. The van der Waals surface area contributed by atoms with Crippen LogP contribution in [0.3, 0.4) is 0 Å². The summed E-state index contributed by atoms with van der Waals surface area (Å²) in [5.41, 5.74) is 2.36. The summed E-state index contributed by atoms with van der Waals surface area (Å²) in [4.78, 5) is 12.6. The Labute approximate surface area is 111 Å². The van der Waals surface area contributed by atoms with Crippen LogP contribution in [0.4, 0.5) is 0 Å². The fourth-order valence-corrected chi connectivity index (χ4v) is 3.09. The van der Waals surface area contributed by atoms with Crippen LogP contribution in [0.1, 0.15) is 11.1 Å². The summed E-state index contributed by atoms with van der Waals surface area (Å²) in [6.07, 6.45) is 2.57. The Balaban J connectivity index is 3.00. The average molecular weight is 352 g/mol. The first-order valence-corrected chi connectivity index (χ1v) is 7.98. The third-order valence-electron chi connectivity index (χ3n) is 2.12. The van der Waals surface area contributed by atoms with Gasteiger partial charge in [0.25, 0.3) is 0 Å². The van der Waals surface area contributed by atoms with Crippen molar-refractivity contribution in [1.29, 1.82) is 0 Å². The van der Waals surface area contributed by atoms with Crippen molar-refractivity contribution in [2.45, 2.75) is 16.6 Å². The van der Waals surface area contributed by atoms with Gasteiger partial charge in [-0.1, -0.05) is 44.0 Å². The minimum atomic E-state index is 0.218. The Morgan fingerprint density at radius 2 is 2.13 bits per heavy atom. The maximum atomic E-state index is 11.4. The van der Waals surface area contributed by atoms with E-state index in [1.807, 2.05) is 12.1 Å². The summed E-state index contributed by atoms with van der Waals surface area (Å²) in [7, 11) is 0. The first-order chi connectivity index (χ1) is 7.22. The third-order valence-corrected chi connectivity index (χ3v) is 4.13. The van der Waals surface area contributed by atoms with E-state index >= 15 is 0 Å². The van der Waals surface area contributed by atoms with E-state index in [1.54, 1.807) is 11.8 Å². The van der Waals surface area contributed by atoms with Crippen molar-refractivity contribution in [3.05, 3.63) is 29.3 Å². The van der Waals surface area contributed by atoms with Crippen LogP contribution in [0.2, 0.25) is 0 Å². The summed E-state index contributed by atoms with van der Waals surface area (Å²) < 4.78 is 0. The van der Waals surface area contributed by atoms with Gasteiger partial charge >= 0.3 is 0 Å². The number of carbonyl (C=O) groups excluding carboxylic acids is 1. The highest BCUT2D eigenvalue weighted by Gasteiger charge is 2.09. The largest absolute Gasteiger partial charge is 0.298 e. The lowest BCUT2D eigenvalue weighted by molar-refractivity contribution is -0.115. The van der Waals surface area contributed by atoms with Crippen LogP contribution in [0.15, 0.2) is 23.1 Å². The molecule has 0 amide bonds. The van der Waals surface area contributed by atoms with E-state index in [1.165, 1.54) is 10.5 Å². The topological polar surface area (TPSA) is 17.1 Å². The molecular weight excluding hydrogens is 340 g/mol. The first kappa shape index (κ1) is 13.3. The maximum absolute atomic E-state index is 11.4. The van der Waals surface area contributed by atoms with E-state index in [0.717, 1.165) is 10.9 Å². The molecule has 0 aromatic heterocycles. The minimum absolute atomic E-state index is 0.218. The number of Topliss-reactive ketones (excluding diaryl/α,β-unsaturated/α-hetero) is 1. The van der Waals surface area contributed by atoms with E-state index in [0.29, 0.717) is 11.8 Å². The number of thioether (sulfide) groups is 1. The van der Waals surface area contributed by atoms with Crippen LogP contribution in [-0.2, 0) is 16.5 Å². The molecule has 0 aliphatic heterocycles. The molecule has 0 spiro atoms. The molecule has 0 heterocycles. The minimum Gasteiger partial charge on any atom is -0.298 e. The van der Waals surface area contributed by atoms with Crippen molar-refractivity contribution in [3.8, 4) is 0 Å². The second-order valence-corrected chi connectivity index (χ2v) is 5.05. The predicted molar refractivity (Wildman–Crippen MR) is 73.4 cm³/mol. The van der Waals surface area contributed by atoms with Crippen molar-refractivity contribution in [2.75, 3.05) is 11.6 Å². The molecule has 0 atom stereocenters. The highest BCUT2D eigenvalue weighted by molar-refractivity contribution is 9.09. The molecule has 0 saturated heterocycles. The van der Waals surface area contributed by atoms with Crippen LogP contribution in [0, 0.1) is 0 Å². The number of benzene rings is 1. The zero-order valence-electron chi connectivity index (χ0n) is 8.43. The normalized spacial score (nSPS) is 10.3. The smallest absolute Gasteiger partial charge is 0.147 e. The lowest BCUT2D eigenvalue weighted by Crippen LogP contribution is -2.06. The van der Waals surface area contributed by atoms with Crippen LogP contribution in [-0.4, -0.2) is 17.4 Å². The molecule has 0 fully saturated rings. The molecule has 82 valence electrons. The van der Waals surface area contributed by atoms with Crippen molar-refractivity contribution in [2.24, 2.45) is 0 Å². The molecule has 0 aliphatic carbocycles. The van der Waals surface area contributed by atoms with Gasteiger partial charge in [-0.2, -0.15) is 0 Å². The van der Waals surface area contributed by atoms with Crippen LogP contribution >= 0.6 is 43.6 Å². The maximum Gasteiger partial charge on any atom is 0.147 e. The van der Waals surface area contributed by atoms with Crippen molar-refractivity contribution < 1.29 is 4.79 Å². The molecule has 4 heteroatoms. The van der Waals surface area contributed by atoms with Gasteiger partial charge in [0.05, 0.1) is 5.33 Å². The van der Waals surface area contributed by atoms with Gasteiger partial charge in [0.1, 0.15) is 5.78 Å². The van der Waals surface area contributed by atoms with Crippen LogP contribution in [0.25, 0.3) is 0 Å². The first-order valence-electron chi connectivity index (χ1n) is 4.51. The summed E-state index contributed by atoms with van der Waals surface area (Å²) in [5, 5.41) is 1.23.